The second-order valence-corrected chi connectivity index (χ2v) is 6.01. The van der Waals surface area contributed by atoms with Crippen LogP contribution in [0.4, 0.5) is 0 Å². The van der Waals surface area contributed by atoms with Crippen LogP contribution in [0.5, 0.6) is 0 Å². The Morgan fingerprint density at radius 1 is 1.11 bits per heavy atom. The maximum absolute atomic E-state index is 2.66. The lowest BCUT2D eigenvalue weighted by atomic mass is 9.82. The second-order valence-electron chi connectivity index (χ2n) is 6.01. The Labute approximate surface area is 112 Å². The first kappa shape index (κ1) is 13.6. The average Bonchev–Trinajstić information content (AvgIpc) is 2.79. The van der Waals surface area contributed by atoms with E-state index in [-0.39, 0.29) is 0 Å². The lowest BCUT2D eigenvalue weighted by Gasteiger charge is -2.25. The zero-order valence-corrected chi connectivity index (χ0v) is 12.0. The Morgan fingerprint density at radius 3 is 2.61 bits per heavy atom. The Balaban J connectivity index is 1.84. The summed E-state index contributed by atoms with van der Waals surface area (Å²) in [5.74, 6) is 0. The molecule has 1 aliphatic rings. The van der Waals surface area contributed by atoms with E-state index in [1.807, 2.05) is 0 Å². The molecule has 18 heavy (non-hydrogen) atoms. The van der Waals surface area contributed by atoms with Crippen molar-refractivity contribution >= 4 is 0 Å². The van der Waals surface area contributed by atoms with Gasteiger partial charge in [0.25, 0.3) is 0 Å². The highest BCUT2D eigenvalue weighted by atomic mass is 15.1. The van der Waals surface area contributed by atoms with E-state index in [9.17, 15) is 0 Å². The minimum absolute atomic E-state index is 0.381. The molecule has 1 saturated heterocycles. The first-order chi connectivity index (χ1) is 8.74. The molecule has 1 heteroatoms. The molecular formula is C17H27N. The third-order valence-electron chi connectivity index (χ3n) is 4.35. The van der Waals surface area contributed by atoms with Crippen LogP contribution in [-0.4, -0.2) is 24.5 Å². The molecular weight excluding hydrogens is 218 g/mol. The predicted molar refractivity (Wildman–Crippen MR) is 79.0 cm³/mol. The van der Waals surface area contributed by atoms with Gasteiger partial charge in [0.1, 0.15) is 0 Å². The summed E-state index contributed by atoms with van der Waals surface area (Å²) in [5.41, 5.74) is 1.90. The molecule has 0 saturated carbocycles. The molecule has 1 aliphatic heterocycles. The fraction of sp³-hybridized carbons (Fsp3) is 0.647. The summed E-state index contributed by atoms with van der Waals surface area (Å²) in [6.45, 7) is 8.51. The number of benzene rings is 1. The van der Waals surface area contributed by atoms with Crippen molar-refractivity contribution in [2.24, 2.45) is 0 Å². The van der Waals surface area contributed by atoms with Gasteiger partial charge in [-0.25, -0.2) is 0 Å². The van der Waals surface area contributed by atoms with Crippen molar-refractivity contribution in [1.29, 1.82) is 0 Å². The van der Waals surface area contributed by atoms with Gasteiger partial charge in [-0.05, 0) is 31.5 Å². The normalized spacial score (nSPS) is 24.6. The van der Waals surface area contributed by atoms with Crippen molar-refractivity contribution in [3.8, 4) is 0 Å². The van der Waals surface area contributed by atoms with Crippen molar-refractivity contribution in [2.45, 2.75) is 51.4 Å². The lowest BCUT2D eigenvalue weighted by molar-refractivity contribution is 0.308. The number of hydrogen-bond donors (Lipinski definition) is 0. The summed E-state index contributed by atoms with van der Waals surface area (Å²) in [4.78, 5) is 2.66. The number of likely N-dealkylation sites (tertiary alicyclic amines) is 1. The van der Waals surface area contributed by atoms with E-state index in [1.54, 1.807) is 0 Å². The summed E-state index contributed by atoms with van der Waals surface area (Å²) in [6, 6.07) is 11.0. The van der Waals surface area contributed by atoms with Gasteiger partial charge in [-0.1, -0.05) is 63.4 Å². The van der Waals surface area contributed by atoms with Crippen LogP contribution < -0.4 is 0 Å². The molecule has 2 rings (SSSR count). The van der Waals surface area contributed by atoms with Crippen LogP contribution in [0.2, 0.25) is 0 Å². The van der Waals surface area contributed by atoms with E-state index in [4.69, 9.17) is 0 Å². The molecule has 1 aromatic rings. The molecule has 0 amide bonds. The summed E-state index contributed by atoms with van der Waals surface area (Å²) in [5, 5.41) is 0. The van der Waals surface area contributed by atoms with Gasteiger partial charge in [0.2, 0.25) is 0 Å². The molecule has 1 fully saturated rings. The lowest BCUT2D eigenvalue weighted by Crippen LogP contribution is -2.28. The largest absolute Gasteiger partial charge is 0.302 e. The summed E-state index contributed by atoms with van der Waals surface area (Å²) in [6.07, 6.45) is 6.81. The minimum Gasteiger partial charge on any atom is -0.302 e. The maximum Gasteiger partial charge on any atom is 0.00764 e. The van der Waals surface area contributed by atoms with Crippen LogP contribution in [0.3, 0.4) is 0 Å². The number of hydrogen-bond acceptors (Lipinski definition) is 1. The molecule has 1 heterocycles. The summed E-state index contributed by atoms with van der Waals surface area (Å²) < 4.78 is 0. The monoisotopic (exact) mass is 245 g/mol. The van der Waals surface area contributed by atoms with Gasteiger partial charge in [-0.3, -0.25) is 0 Å². The molecule has 100 valence electrons. The van der Waals surface area contributed by atoms with E-state index in [0.29, 0.717) is 5.41 Å². The Bertz CT molecular complexity index is 346. The minimum atomic E-state index is 0.381. The van der Waals surface area contributed by atoms with Crippen LogP contribution in [0, 0.1) is 0 Å². The van der Waals surface area contributed by atoms with Crippen molar-refractivity contribution in [3.05, 3.63) is 35.9 Å². The molecule has 1 nitrogen and oxygen atoms in total. The Kier molecular flexibility index (Phi) is 4.82. The van der Waals surface area contributed by atoms with Gasteiger partial charge in [0, 0.05) is 12.0 Å². The van der Waals surface area contributed by atoms with Crippen LogP contribution in [0.1, 0.15) is 51.5 Å². The highest BCUT2D eigenvalue weighted by molar-refractivity contribution is 5.26. The molecule has 1 atom stereocenters. The zero-order chi connectivity index (χ0) is 12.8. The van der Waals surface area contributed by atoms with Gasteiger partial charge >= 0.3 is 0 Å². The van der Waals surface area contributed by atoms with E-state index in [1.165, 1.54) is 57.3 Å². The van der Waals surface area contributed by atoms with Crippen LogP contribution in [0.15, 0.2) is 30.3 Å². The fourth-order valence-corrected chi connectivity index (χ4v) is 3.09. The van der Waals surface area contributed by atoms with Crippen molar-refractivity contribution in [1.82, 2.24) is 4.90 Å². The number of unbranched alkanes of at least 4 members (excludes halogenated alkanes) is 3. The number of rotatable bonds is 6. The maximum atomic E-state index is 2.66. The third kappa shape index (κ3) is 3.35. The van der Waals surface area contributed by atoms with Gasteiger partial charge in [0.05, 0.1) is 0 Å². The first-order valence-electron chi connectivity index (χ1n) is 7.52. The third-order valence-corrected chi connectivity index (χ3v) is 4.35. The summed E-state index contributed by atoms with van der Waals surface area (Å²) in [7, 11) is 0. The van der Waals surface area contributed by atoms with E-state index < -0.39 is 0 Å². The molecule has 0 N–H and O–H groups in total. The zero-order valence-electron chi connectivity index (χ0n) is 12.0. The summed E-state index contributed by atoms with van der Waals surface area (Å²) >= 11 is 0. The fourth-order valence-electron chi connectivity index (χ4n) is 3.09. The van der Waals surface area contributed by atoms with E-state index in [2.05, 4.69) is 49.1 Å². The Hall–Kier alpha value is -0.820. The van der Waals surface area contributed by atoms with Crippen LogP contribution >= 0.6 is 0 Å². The van der Waals surface area contributed by atoms with Gasteiger partial charge < -0.3 is 4.90 Å². The van der Waals surface area contributed by atoms with Crippen molar-refractivity contribution in [3.63, 3.8) is 0 Å². The Morgan fingerprint density at radius 2 is 1.89 bits per heavy atom. The molecule has 0 bridgehead atoms. The van der Waals surface area contributed by atoms with E-state index >= 15 is 0 Å². The molecule has 0 spiro atoms. The smallest absolute Gasteiger partial charge is 0.00764 e. The van der Waals surface area contributed by atoms with Crippen LogP contribution in [-0.2, 0) is 5.41 Å². The topological polar surface area (TPSA) is 3.24 Å². The van der Waals surface area contributed by atoms with Gasteiger partial charge in [-0.2, -0.15) is 0 Å². The second kappa shape index (κ2) is 6.38. The average molecular weight is 245 g/mol. The van der Waals surface area contributed by atoms with Crippen molar-refractivity contribution < 1.29 is 0 Å². The van der Waals surface area contributed by atoms with Gasteiger partial charge in [-0.15, -0.1) is 0 Å². The predicted octanol–water partition coefficient (Wildman–Crippen LogP) is 4.23. The SMILES string of the molecule is CCCCCCN1CCC(C)(c2ccccc2)C1. The number of nitrogens with zero attached hydrogens (tertiary/aromatic N) is 1. The molecule has 0 aliphatic carbocycles. The highest BCUT2D eigenvalue weighted by Gasteiger charge is 2.34. The molecule has 1 aromatic carbocycles. The quantitative estimate of drug-likeness (QED) is 0.678. The molecule has 1 unspecified atom stereocenters. The van der Waals surface area contributed by atoms with Gasteiger partial charge in [0.15, 0.2) is 0 Å². The first-order valence-corrected chi connectivity index (χ1v) is 7.52. The van der Waals surface area contributed by atoms with Crippen molar-refractivity contribution in [2.75, 3.05) is 19.6 Å². The highest BCUT2D eigenvalue weighted by Crippen LogP contribution is 2.33. The molecule has 0 radical (unpaired) electrons. The van der Waals surface area contributed by atoms with Crippen LogP contribution in [0.25, 0.3) is 0 Å². The standard InChI is InChI=1S/C17H27N/c1-3-4-5-9-13-18-14-12-17(2,15-18)16-10-7-6-8-11-16/h6-8,10-11H,3-5,9,12-15H2,1-2H3. The molecule has 0 aromatic heterocycles. The van der Waals surface area contributed by atoms with E-state index in [0.717, 1.165) is 0 Å².